The molecule has 0 radical (unpaired) electrons. The van der Waals surface area contributed by atoms with Gasteiger partial charge in [-0.3, -0.25) is 0 Å². The second-order valence-electron chi connectivity index (χ2n) is 3.37. The second-order valence-corrected chi connectivity index (χ2v) is 4.87. The summed E-state index contributed by atoms with van der Waals surface area (Å²) >= 11 is 7.41. The molecule has 17 heavy (non-hydrogen) atoms. The summed E-state index contributed by atoms with van der Waals surface area (Å²) in [4.78, 5) is 8.65. The van der Waals surface area contributed by atoms with E-state index in [2.05, 4.69) is 9.97 Å². The van der Waals surface area contributed by atoms with Gasteiger partial charge in [0, 0.05) is 29.1 Å². The smallest absolute Gasteiger partial charge is 0.188 e. The standard InChI is InChI=1S/C12H12ClN3S/c13-10-3-1-9(2-4-10)11-5-7-15-12(16-11)17-8-6-14/h1-5,7H,6,8,14H2. The van der Waals surface area contributed by atoms with Crippen LogP contribution in [-0.4, -0.2) is 22.3 Å². The number of nitrogens with zero attached hydrogens (tertiary/aromatic N) is 2. The molecule has 2 rings (SSSR count). The van der Waals surface area contributed by atoms with Gasteiger partial charge in [-0.25, -0.2) is 9.97 Å². The molecule has 1 heterocycles. The summed E-state index contributed by atoms with van der Waals surface area (Å²) in [7, 11) is 0. The van der Waals surface area contributed by atoms with Gasteiger partial charge in [-0.1, -0.05) is 35.5 Å². The van der Waals surface area contributed by atoms with Crippen LogP contribution in [0.5, 0.6) is 0 Å². The number of benzene rings is 1. The quantitative estimate of drug-likeness (QED) is 0.682. The molecule has 0 spiro atoms. The van der Waals surface area contributed by atoms with Crippen LogP contribution in [-0.2, 0) is 0 Å². The van der Waals surface area contributed by atoms with E-state index in [4.69, 9.17) is 17.3 Å². The van der Waals surface area contributed by atoms with Gasteiger partial charge in [-0.15, -0.1) is 0 Å². The topological polar surface area (TPSA) is 51.8 Å². The molecule has 1 aromatic carbocycles. The summed E-state index contributed by atoms with van der Waals surface area (Å²) in [5, 5.41) is 1.48. The second kappa shape index (κ2) is 6.00. The van der Waals surface area contributed by atoms with Gasteiger partial charge in [0.05, 0.1) is 5.69 Å². The molecule has 0 fully saturated rings. The van der Waals surface area contributed by atoms with Crippen LogP contribution in [0.4, 0.5) is 0 Å². The van der Waals surface area contributed by atoms with Crippen LogP contribution in [0, 0.1) is 0 Å². The van der Waals surface area contributed by atoms with E-state index < -0.39 is 0 Å². The average molecular weight is 266 g/mol. The molecule has 0 aliphatic rings. The molecular weight excluding hydrogens is 254 g/mol. The Morgan fingerprint density at radius 2 is 1.94 bits per heavy atom. The summed E-state index contributed by atoms with van der Waals surface area (Å²) in [6, 6.07) is 9.48. The van der Waals surface area contributed by atoms with Crippen molar-refractivity contribution in [1.82, 2.24) is 9.97 Å². The number of thioether (sulfide) groups is 1. The van der Waals surface area contributed by atoms with Gasteiger partial charge in [0.2, 0.25) is 0 Å². The van der Waals surface area contributed by atoms with E-state index in [-0.39, 0.29) is 0 Å². The summed E-state index contributed by atoms with van der Waals surface area (Å²) in [6.07, 6.45) is 1.76. The van der Waals surface area contributed by atoms with Crippen LogP contribution in [0.25, 0.3) is 11.3 Å². The lowest BCUT2D eigenvalue weighted by Gasteiger charge is -2.03. The molecule has 0 saturated carbocycles. The Balaban J connectivity index is 2.23. The zero-order chi connectivity index (χ0) is 12.1. The van der Waals surface area contributed by atoms with Crippen molar-refractivity contribution in [1.29, 1.82) is 0 Å². The van der Waals surface area contributed by atoms with E-state index >= 15 is 0 Å². The molecule has 0 amide bonds. The normalized spacial score (nSPS) is 10.5. The van der Waals surface area contributed by atoms with E-state index in [1.165, 1.54) is 0 Å². The number of nitrogens with two attached hydrogens (primary N) is 1. The number of hydrogen-bond donors (Lipinski definition) is 1. The van der Waals surface area contributed by atoms with Gasteiger partial charge in [-0.2, -0.15) is 0 Å². The first kappa shape index (κ1) is 12.4. The maximum absolute atomic E-state index is 5.85. The van der Waals surface area contributed by atoms with Crippen LogP contribution >= 0.6 is 23.4 Å². The minimum absolute atomic E-state index is 0.624. The zero-order valence-electron chi connectivity index (χ0n) is 9.14. The monoisotopic (exact) mass is 265 g/mol. The molecule has 1 aromatic heterocycles. The Morgan fingerprint density at radius 1 is 1.18 bits per heavy atom. The minimum Gasteiger partial charge on any atom is -0.330 e. The van der Waals surface area contributed by atoms with Gasteiger partial charge in [0.25, 0.3) is 0 Å². The number of hydrogen-bond acceptors (Lipinski definition) is 4. The fraction of sp³-hybridized carbons (Fsp3) is 0.167. The van der Waals surface area contributed by atoms with E-state index in [0.29, 0.717) is 6.54 Å². The highest BCUT2D eigenvalue weighted by Crippen LogP contribution is 2.21. The van der Waals surface area contributed by atoms with Crippen molar-refractivity contribution in [2.24, 2.45) is 5.73 Å². The Labute approximate surface area is 109 Å². The molecule has 5 heteroatoms. The van der Waals surface area contributed by atoms with Crippen molar-refractivity contribution < 1.29 is 0 Å². The molecule has 88 valence electrons. The maximum Gasteiger partial charge on any atom is 0.188 e. The van der Waals surface area contributed by atoms with E-state index in [1.807, 2.05) is 30.3 Å². The molecule has 0 saturated heterocycles. The van der Waals surface area contributed by atoms with Gasteiger partial charge in [0.15, 0.2) is 5.16 Å². The fourth-order valence-corrected chi connectivity index (χ4v) is 2.07. The SMILES string of the molecule is NCCSc1nccc(-c2ccc(Cl)cc2)n1. The average Bonchev–Trinajstić information content (AvgIpc) is 2.37. The summed E-state index contributed by atoms with van der Waals surface area (Å²) < 4.78 is 0. The number of aromatic nitrogens is 2. The summed E-state index contributed by atoms with van der Waals surface area (Å²) in [6.45, 7) is 0.624. The van der Waals surface area contributed by atoms with Crippen molar-refractivity contribution in [3.8, 4) is 11.3 Å². The predicted molar refractivity (Wildman–Crippen MR) is 72.3 cm³/mol. The molecule has 0 atom stereocenters. The first-order chi connectivity index (χ1) is 8.29. The Morgan fingerprint density at radius 3 is 2.65 bits per heavy atom. The van der Waals surface area contributed by atoms with Crippen molar-refractivity contribution in [3.63, 3.8) is 0 Å². The molecule has 2 aromatic rings. The Bertz CT molecular complexity index is 487. The number of halogens is 1. The van der Waals surface area contributed by atoms with E-state index in [1.54, 1.807) is 18.0 Å². The highest BCUT2D eigenvalue weighted by Gasteiger charge is 2.02. The summed E-state index contributed by atoms with van der Waals surface area (Å²) in [5.41, 5.74) is 7.38. The molecule has 0 aliphatic heterocycles. The largest absolute Gasteiger partial charge is 0.330 e. The van der Waals surface area contributed by atoms with Gasteiger partial charge in [-0.05, 0) is 18.2 Å². The minimum atomic E-state index is 0.624. The van der Waals surface area contributed by atoms with Crippen LogP contribution in [0.3, 0.4) is 0 Å². The lowest BCUT2D eigenvalue weighted by molar-refractivity contribution is 0.970. The van der Waals surface area contributed by atoms with Crippen LogP contribution in [0.15, 0.2) is 41.7 Å². The molecule has 2 N–H and O–H groups in total. The third kappa shape index (κ3) is 3.43. The molecule has 0 unspecified atom stereocenters. The summed E-state index contributed by atoms with van der Waals surface area (Å²) in [5.74, 6) is 0.823. The molecular formula is C12H12ClN3S. The highest BCUT2D eigenvalue weighted by atomic mass is 35.5. The van der Waals surface area contributed by atoms with Crippen molar-refractivity contribution in [2.45, 2.75) is 5.16 Å². The third-order valence-electron chi connectivity index (χ3n) is 2.12. The predicted octanol–water partition coefficient (Wildman–Crippen LogP) is 2.85. The molecule has 0 bridgehead atoms. The van der Waals surface area contributed by atoms with Gasteiger partial charge < -0.3 is 5.73 Å². The third-order valence-corrected chi connectivity index (χ3v) is 3.27. The Hall–Kier alpha value is -1.10. The van der Waals surface area contributed by atoms with E-state index in [9.17, 15) is 0 Å². The van der Waals surface area contributed by atoms with Crippen molar-refractivity contribution in [2.75, 3.05) is 12.3 Å². The molecule has 0 aliphatic carbocycles. The van der Waals surface area contributed by atoms with Crippen molar-refractivity contribution in [3.05, 3.63) is 41.6 Å². The highest BCUT2D eigenvalue weighted by molar-refractivity contribution is 7.99. The first-order valence-corrected chi connectivity index (χ1v) is 6.58. The number of rotatable bonds is 4. The van der Waals surface area contributed by atoms with Crippen LogP contribution in [0.1, 0.15) is 0 Å². The lowest BCUT2D eigenvalue weighted by Crippen LogP contribution is -2.02. The van der Waals surface area contributed by atoms with Crippen LogP contribution < -0.4 is 5.73 Å². The Kier molecular flexibility index (Phi) is 4.36. The van der Waals surface area contributed by atoms with E-state index in [0.717, 1.165) is 27.2 Å². The molecule has 3 nitrogen and oxygen atoms in total. The zero-order valence-corrected chi connectivity index (χ0v) is 10.7. The first-order valence-electron chi connectivity index (χ1n) is 5.21. The van der Waals surface area contributed by atoms with Gasteiger partial charge >= 0.3 is 0 Å². The lowest BCUT2D eigenvalue weighted by atomic mass is 10.1. The van der Waals surface area contributed by atoms with Crippen LogP contribution in [0.2, 0.25) is 5.02 Å². The maximum atomic E-state index is 5.85. The van der Waals surface area contributed by atoms with Gasteiger partial charge in [0.1, 0.15) is 0 Å². The van der Waals surface area contributed by atoms with Crippen molar-refractivity contribution >= 4 is 23.4 Å². The fourth-order valence-electron chi connectivity index (χ4n) is 1.34.